The minimum absolute atomic E-state index is 0.700. The monoisotopic (exact) mass is 206 g/mol. The summed E-state index contributed by atoms with van der Waals surface area (Å²) < 4.78 is 0. The number of rotatable bonds is 5. The van der Waals surface area contributed by atoms with Crippen LogP contribution in [-0.4, -0.2) is 23.1 Å². The fraction of sp³-hybridized carbons (Fsp3) is 0.636. The van der Waals surface area contributed by atoms with Crippen LogP contribution in [-0.2, 0) is 0 Å². The second kappa shape index (κ2) is 4.47. The quantitative estimate of drug-likeness (QED) is 0.773. The highest BCUT2D eigenvalue weighted by atomic mass is 15.1. The molecule has 0 spiro atoms. The first kappa shape index (κ1) is 10.2. The van der Waals surface area contributed by atoms with Crippen LogP contribution in [0.25, 0.3) is 0 Å². The van der Waals surface area contributed by atoms with Crippen LogP contribution < -0.4 is 10.6 Å². The van der Waals surface area contributed by atoms with E-state index in [0.717, 1.165) is 30.7 Å². The number of aromatic nitrogens is 2. The van der Waals surface area contributed by atoms with E-state index in [1.807, 2.05) is 13.0 Å². The van der Waals surface area contributed by atoms with Crippen LogP contribution in [0.3, 0.4) is 0 Å². The number of anilines is 2. The van der Waals surface area contributed by atoms with Crippen molar-refractivity contribution in [3.63, 3.8) is 0 Å². The van der Waals surface area contributed by atoms with Gasteiger partial charge in [0.05, 0.1) is 0 Å². The highest BCUT2D eigenvalue weighted by molar-refractivity contribution is 5.39. The molecule has 0 radical (unpaired) electrons. The van der Waals surface area contributed by atoms with Crippen LogP contribution in [0.5, 0.6) is 0 Å². The zero-order valence-corrected chi connectivity index (χ0v) is 9.33. The Morgan fingerprint density at radius 3 is 2.93 bits per heavy atom. The molecule has 0 amide bonds. The molecule has 2 atom stereocenters. The van der Waals surface area contributed by atoms with E-state index in [0.29, 0.717) is 5.95 Å². The third kappa shape index (κ3) is 2.81. The molecule has 15 heavy (non-hydrogen) atoms. The molecule has 0 aliphatic heterocycles. The predicted octanol–water partition coefficient (Wildman–Crippen LogP) is 1.98. The lowest BCUT2D eigenvalue weighted by molar-refractivity contribution is 0.784. The topological polar surface area (TPSA) is 49.8 Å². The van der Waals surface area contributed by atoms with Gasteiger partial charge in [0.1, 0.15) is 5.82 Å². The largest absolute Gasteiger partial charge is 0.370 e. The van der Waals surface area contributed by atoms with Crippen molar-refractivity contribution < 1.29 is 0 Å². The second-order valence-corrected chi connectivity index (χ2v) is 4.15. The van der Waals surface area contributed by atoms with Gasteiger partial charge in [0, 0.05) is 19.3 Å². The summed E-state index contributed by atoms with van der Waals surface area (Å²) in [6.45, 7) is 6.21. The van der Waals surface area contributed by atoms with E-state index >= 15 is 0 Å². The van der Waals surface area contributed by atoms with Crippen LogP contribution in [0.2, 0.25) is 0 Å². The van der Waals surface area contributed by atoms with Gasteiger partial charge < -0.3 is 10.6 Å². The SMILES string of the molecule is CCNc1nccc(NCC2CC2C)n1. The summed E-state index contributed by atoms with van der Waals surface area (Å²) >= 11 is 0. The van der Waals surface area contributed by atoms with Gasteiger partial charge in [-0.1, -0.05) is 6.92 Å². The molecule has 2 N–H and O–H groups in total. The fourth-order valence-corrected chi connectivity index (χ4v) is 1.62. The third-order valence-corrected chi connectivity index (χ3v) is 2.81. The Balaban J connectivity index is 1.87. The molecule has 1 aromatic rings. The lowest BCUT2D eigenvalue weighted by Crippen LogP contribution is -2.08. The zero-order valence-electron chi connectivity index (χ0n) is 9.33. The summed E-state index contributed by atoms with van der Waals surface area (Å²) in [5.41, 5.74) is 0. The zero-order chi connectivity index (χ0) is 10.7. The highest BCUT2D eigenvalue weighted by Crippen LogP contribution is 2.37. The normalized spacial score (nSPS) is 23.6. The number of hydrogen-bond acceptors (Lipinski definition) is 4. The number of hydrogen-bond donors (Lipinski definition) is 2. The number of nitrogens with zero attached hydrogens (tertiary/aromatic N) is 2. The molecule has 4 nitrogen and oxygen atoms in total. The first-order chi connectivity index (χ1) is 7.29. The van der Waals surface area contributed by atoms with Crippen LogP contribution in [0.15, 0.2) is 12.3 Å². The van der Waals surface area contributed by atoms with E-state index in [4.69, 9.17) is 0 Å². The van der Waals surface area contributed by atoms with Crippen molar-refractivity contribution in [3.8, 4) is 0 Å². The average molecular weight is 206 g/mol. The molecule has 2 unspecified atom stereocenters. The summed E-state index contributed by atoms with van der Waals surface area (Å²) in [6.07, 6.45) is 3.13. The molecule has 0 bridgehead atoms. The molecule has 1 aliphatic carbocycles. The van der Waals surface area contributed by atoms with Crippen LogP contribution in [0.4, 0.5) is 11.8 Å². The van der Waals surface area contributed by atoms with Crippen LogP contribution >= 0.6 is 0 Å². The minimum Gasteiger partial charge on any atom is -0.370 e. The van der Waals surface area contributed by atoms with Crippen LogP contribution in [0.1, 0.15) is 20.3 Å². The Morgan fingerprint density at radius 1 is 1.47 bits per heavy atom. The molecule has 1 heterocycles. The van der Waals surface area contributed by atoms with Gasteiger partial charge in [-0.2, -0.15) is 4.98 Å². The Morgan fingerprint density at radius 2 is 2.27 bits per heavy atom. The average Bonchev–Trinajstić information content (AvgIpc) is 2.93. The maximum absolute atomic E-state index is 4.35. The molecule has 2 rings (SSSR count). The first-order valence-electron chi connectivity index (χ1n) is 5.60. The van der Waals surface area contributed by atoms with E-state index < -0.39 is 0 Å². The molecule has 82 valence electrons. The van der Waals surface area contributed by atoms with Gasteiger partial charge in [0.15, 0.2) is 0 Å². The van der Waals surface area contributed by atoms with Crippen molar-refractivity contribution in [2.24, 2.45) is 11.8 Å². The Bertz CT molecular complexity index is 326. The van der Waals surface area contributed by atoms with Gasteiger partial charge in [0.2, 0.25) is 5.95 Å². The molecule has 1 aliphatic rings. The molecule has 0 aromatic carbocycles. The molecule has 1 fully saturated rings. The van der Waals surface area contributed by atoms with Gasteiger partial charge in [0.25, 0.3) is 0 Å². The predicted molar refractivity (Wildman–Crippen MR) is 62.0 cm³/mol. The van der Waals surface area contributed by atoms with E-state index in [1.54, 1.807) is 6.20 Å². The van der Waals surface area contributed by atoms with E-state index in [-0.39, 0.29) is 0 Å². The number of nitrogens with one attached hydrogen (secondary N) is 2. The Kier molecular flexibility index (Phi) is 3.04. The second-order valence-electron chi connectivity index (χ2n) is 4.15. The minimum atomic E-state index is 0.700. The van der Waals surface area contributed by atoms with Crippen molar-refractivity contribution in [1.29, 1.82) is 0 Å². The lowest BCUT2D eigenvalue weighted by atomic mass is 10.3. The van der Waals surface area contributed by atoms with Crippen molar-refractivity contribution >= 4 is 11.8 Å². The van der Waals surface area contributed by atoms with E-state index in [9.17, 15) is 0 Å². The van der Waals surface area contributed by atoms with Crippen molar-refractivity contribution in [3.05, 3.63) is 12.3 Å². The molecule has 4 heteroatoms. The first-order valence-corrected chi connectivity index (χ1v) is 5.60. The summed E-state index contributed by atoms with van der Waals surface area (Å²) in [7, 11) is 0. The molecular weight excluding hydrogens is 188 g/mol. The van der Waals surface area contributed by atoms with Gasteiger partial charge in [-0.05, 0) is 31.2 Å². The molecule has 1 aromatic heterocycles. The van der Waals surface area contributed by atoms with Gasteiger partial charge in [-0.15, -0.1) is 0 Å². The van der Waals surface area contributed by atoms with E-state index in [2.05, 4.69) is 27.5 Å². The lowest BCUT2D eigenvalue weighted by Gasteiger charge is -2.06. The maximum Gasteiger partial charge on any atom is 0.224 e. The van der Waals surface area contributed by atoms with Gasteiger partial charge in [-0.25, -0.2) is 4.98 Å². The smallest absolute Gasteiger partial charge is 0.224 e. The maximum atomic E-state index is 4.35. The summed E-state index contributed by atoms with van der Waals surface area (Å²) in [6, 6.07) is 1.91. The van der Waals surface area contributed by atoms with Crippen LogP contribution in [0, 0.1) is 11.8 Å². The molecule has 1 saturated carbocycles. The van der Waals surface area contributed by atoms with Crippen molar-refractivity contribution in [2.75, 3.05) is 23.7 Å². The summed E-state index contributed by atoms with van der Waals surface area (Å²) in [5.74, 6) is 3.33. The molecule has 0 saturated heterocycles. The Labute approximate surface area is 90.5 Å². The summed E-state index contributed by atoms with van der Waals surface area (Å²) in [4.78, 5) is 8.48. The third-order valence-electron chi connectivity index (χ3n) is 2.81. The van der Waals surface area contributed by atoms with Gasteiger partial charge >= 0.3 is 0 Å². The van der Waals surface area contributed by atoms with Crippen molar-refractivity contribution in [2.45, 2.75) is 20.3 Å². The van der Waals surface area contributed by atoms with Gasteiger partial charge in [-0.3, -0.25) is 0 Å². The Hall–Kier alpha value is -1.32. The van der Waals surface area contributed by atoms with Crippen molar-refractivity contribution in [1.82, 2.24) is 9.97 Å². The standard InChI is InChI=1S/C11H18N4/c1-3-12-11-13-5-4-10(15-11)14-7-9-6-8(9)2/h4-5,8-9H,3,6-7H2,1-2H3,(H2,12,13,14,15). The highest BCUT2D eigenvalue weighted by Gasteiger charge is 2.31. The molecular formula is C11H18N4. The van der Waals surface area contributed by atoms with E-state index in [1.165, 1.54) is 6.42 Å². The summed E-state index contributed by atoms with van der Waals surface area (Å²) in [5, 5.41) is 6.44. The fourth-order valence-electron chi connectivity index (χ4n) is 1.62.